The number of hydrogen-bond acceptors (Lipinski definition) is 10. The molecule has 2 aromatic rings. The van der Waals surface area contributed by atoms with Crippen LogP contribution in [0.4, 0.5) is 23.5 Å². The van der Waals surface area contributed by atoms with Crippen molar-refractivity contribution in [2.24, 2.45) is 0 Å². The van der Waals surface area contributed by atoms with Crippen LogP contribution in [0, 0.1) is 0 Å². The monoisotopic (exact) mass is 398 g/mol. The minimum atomic E-state index is -4.25. The molecule has 1 aromatic carbocycles. The lowest BCUT2D eigenvalue weighted by Crippen LogP contribution is -2.15. The van der Waals surface area contributed by atoms with Crippen LogP contribution in [-0.4, -0.2) is 65.9 Å². The maximum Gasteiger partial charge on any atom is 0.294 e. The van der Waals surface area contributed by atoms with Gasteiger partial charge in [0.1, 0.15) is 0 Å². The highest BCUT2D eigenvalue weighted by molar-refractivity contribution is 7.85. The van der Waals surface area contributed by atoms with Crippen molar-refractivity contribution < 1.29 is 22.8 Å². The molecule has 1 heterocycles. The van der Waals surface area contributed by atoms with E-state index >= 15 is 0 Å². The van der Waals surface area contributed by atoms with Crippen molar-refractivity contribution in [3.63, 3.8) is 0 Å². The van der Waals surface area contributed by atoms with E-state index in [1.54, 1.807) is 0 Å². The summed E-state index contributed by atoms with van der Waals surface area (Å²) in [5.41, 5.74) is 0.535. The standard InChI is InChI=1S/C15H22N6O5S/c1-2-16-13-19-14(17-7-9-26-10-8-22)21-15(20-13)18-11-3-5-12(6-4-11)27(23,24)25/h3-6,22H,2,7-10H2,1H3,(H,23,24,25)(H3,16,17,18,19,20,21). The molecule has 0 aliphatic heterocycles. The molecule has 0 bridgehead atoms. The lowest BCUT2D eigenvalue weighted by molar-refractivity contribution is 0.0991. The summed E-state index contributed by atoms with van der Waals surface area (Å²) in [6, 6.07) is 5.49. The van der Waals surface area contributed by atoms with E-state index in [9.17, 15) is 8.42 Å². The third-order valence-corrected chi connectivity index (χ3v) is 4.01. The van der Waals surface area contributed by atoms with Crippen molar-refractivity contribution in [2.75, 3.05) is 48.9 Å². The first-order valence-electron chi connectivity index (χ1n) is 8.19. The molecule has 11 nitrogen and oxygen atoms in total. The van der Waals surface area contributed by atoms with Crippen LogP contribution >= 0.6 is 0 Å². The predicted molar refractivity (Wildman–Crippen MR) is 99.9 cm³/mol. The fourth-order valence-corrected chi connectivity index (χ4v) is 2.47. The molecule has 0 spiro atoms. The molecular weight excluding hydrogens is 376 g/mol. The van der Waals surface area contributed by atoms with Crippen molar-refractivity contribution in [3.8, 4) is 0 Å². The molecule has 12 heteroatoms. The highest BCUT2D eigenvalue weighted by Gasteiger charge is 2.10. The molecule has 27 heavy (non-hydrogen) atoms. The first kappa shape index (κ1) is 20.8. The van der Waals surface area contributed by atoms with Crippen LogP contribution in [0.25, 0.3) is 0 Å². The Morgan fingerprint density at radius 3 is 2.22 bits per heavy atom. The van der Waals surface area contributed by atoms with Crippen LogP contribution in [-0.2, 0) is 14.9 Å². The van der Waals surface area contributed by atoms with E-state index in [2.05, 4.69) is 30.9 Å². The Balaban J connectivity index is 2.10. The molecule has 0 saturated heterocycles. The van der Waals surface area contributed by atoms with E-state index in [-0.39, 0.29) is 24.1 Å². The number of nitrogens with zero attached hydrogens (tertiary/aromatic N) is 3. The topological polar surface area (TPSA) is 159 Å². The second-order valence-electron chi connectivity index (χ2n) is 5.22. The summed E-state index contributed by atoms with van der Waals surface area (Å²) in [6.45, 7) is 3.56. The summed E-state index contributed by atoms with van der Waals surface area (Å²) in [4.78, 5) is 12.5. The summed E-state index contributed by atoms with van der Waals surface area (Å²) in [5, 5.41) is 17.6. The van der Waals surface area contributed by atoms with E-state index in [4.69, 9.17) is 14.4 Å². The van der Waals surface area contributed by atoms with Gasteiger partial charge in [0, 0.05) is 18.8 Å². The van der Waals surface area contributed by atoms with Crippen molar-refractivity contribution in [3.05, 3.63) is 24.3 Å². The molecule has 5 N–H and O–H groups in total. The van der Waals surface area contributed by atoms with Gasteiger partial charge in [-0.1, -0.05) is 0 Å². The molecule has 0 saturated carbocycles. The molecule has 0 amide bonds. The maximum atomic E-state index is 11.1. The van der Waals surface area contributed by atoms with Crippen molar-refractivity contribution in [2.45, 2.75) is 11.8 Å². The van der Waals surface area contributed by atoms with Gasteiger partial charge < -0.3 is 25.8 Å². The molecule has 0 radical (unpaired) electrons. The van der Waals surface area contributed by atoms with E-state index in [1.165, 1.54) is 24.3 Å². The van der Waals surface area contributed by atoms with Crippen molar-refractivity contribution in [1.82, 2.24) is 15.0 Å². The normalized spacial score (nSPS) is 11.2. The van der Waals surface area contributed by atoms with Gasteiger partial charge in [0.25, 0.3) is 10.1 Å². The summed E-state index contributed by atoms with van der Waals surface area (Å²) in [5.74, 6) is 0.938. The van der Waals surface area contributed by atoms with Crippen molar-refractivity contribution >= 4 is 33.7 Å². The average molecular weight is 398 g/mol. The van der Waals surface area contributed by atoms with Gasteiger partial charge in [0.05, 0.1) is 24.7 Å². The SMILES string of the molecule is CCNc1nc(NCCOCCO)nc(Nc2ccc(S(=O)(=O)O)cc2)n1. The van der Waals surface area contributed by atoms with Gasteiger partial charge in [-0.2, -0.15) is 23.4 Å². The summed E-state index contributed by atoms with van der Waals surface area (Å²) >= 11 is 0. The van der Waals surface area contributed by atoms with Gasteiger partial charge in [-0.3, -0.25) is 4.55 Å². The number of benzene rings is 1. The van der Waals surface area contributed by atoms with Crippen LogP contribution in [0.2, 0.25) is 0 Å². The first-order valence-corrected chi connectivity index (χ1v) is 9.63. The molecule has 1 aromatic heterocycles. The molecule has 0 fully saturated rings. The zero-order valence-corrected chi connectivity index (χ0v) is 15.5. The Morgan fingerprint density at radius 2 is 1.63 bits per heavy atom. The van der Waals surface area contributed by atoms with Gasteiger partial charge in [0.2, 0.25) is 17.8 Å². The Hall–Kier alpha value is -2.54. The maximum absolute atomic E-state index is 11.1. The van der Waals surface area contributed by atoms with Gasteiger partial charge in [0.15, 0.2) is 0 Å². The van der Waals surface area contributed by atoms with Crippen LogP contribution in [0.3, 0.4) is 0 Å². The summed E-state index contributed by atoms with van der Waals surface area (Å²) < 4.78 is 36.4. The number of rotatable bonds is 11. The van der Waals surface area contributed by atoms with E-state index in [0.29, 0.717) is 37.3 Å². The highest BCUT2D eigenvalue weighted by atomic mass is 32.2. The lowest BCUT2D eigenvalue weighted by atomic mass is 10.3. The average Bonchev–Trinajstić information content (AvgIpc) is 2.61. The smallest absolute Gasteiger partial charge is 0.294 e. The number of nitrogens with one attached hydrogen (secondary N) is 3. The predicted octanol–water partition coefficient (Wildman–Crippen LogP) is 0.714. The first-order chi connectivity index (χ1) is 12.9. The number of aliphatic hydroxyl groups excluding tert-OH is 1. The Labute approximate surface area is 157 Å². The Bertz CT molecular complexity index is 831. The van der Waals surface area contributed by atoms with E-state index in [1.807, 2.05) is 6.92 Å². The molecule has 0 atom stereocenters. The van der Waals surface area contributed by atoms with Crippen LogP contribution in [0.1, 0.15) is 6.92 Å². The van der Waals surface area contributed by atoms with E-state index < -0.39 is 10.1 Å². The molecule has 2 rings (SSSR count). The number of hydrogen-bond donors (Lipinski definition) is 5. The Kier molecular flexibility index (Phi) is 7.67. The molecule has 0 aliphatic carbocycles. The summed E-state index contributed by atoms with van der Waals surface area (Å²) in [6.07, 6.45) is 0. The number of ether oxygens (including phenoxy) is 1. The fraction of sp³-hybridized carbons (Fsp3) is 0.400. The zero-order valence-electron chi connectivity index (χ0n) is 14.7. The molecule has 0 unspecified atom stereocenters. The number of aromatic nitrogens is 3. The van der Waals surface area contributed by atoms with Gasteiger partial charge in [-0.15, -0.1) is 0 Å². The summed E-state index contributed by atoms with van der Waals surface area (Å²) in [7, 11) is -4.25. The fourth-order valence-electron chi connectivity index (χ4n) is 1.99. The van der Waals surface area contributed by atoms with Gasteiger partial charge in [-0.05, 0) is 31.2 Å². The second-order valence-corrected chi connectivity index (χ2v) is 6.65. The molecular formula is C15H22N6O5S. The van der Waals surface area contributed by atoms with Gasteiger partial charge >= 0.3 is 0 Å². The van der Waals surface area contributed by atoms with Gasteiger partial charge in [-0.25, -0.2) is 0 Å². The minimum Gasteiger partial charge on any atom is -0.394 e. The zero-order chi connectivity index (χ0) is 19.7. The molecule has 148 valence electrons. The minimum absolute atomic E-state index is 0.0409. The number of aliphatic hydroxyl groups is 1. The van der Waals surface area contributed by atoms with E-state index in [0.717, 1.165) is 0 Å². The molecule has 0 aliphatic rings. The highest BCUT2D eigenvalue weighted by Crippen LogP contribution is 2.18. The largest absolute Gasteiger partial charge is 0.394 e. The third kappa shape index (κ3) is 6.94. The lowest BCUT2D eigenvalue weighted by Gasteiger charge is -2.11. The van der Waals surface area contributed by atoms with Crippen LogP contribution < -0.4 is 16.0 Å². The number of anilines is 4. The van der Waals surface area contributed by atoms with Crippen molar-refractivity contribution in [1.29, 1.82) is 0 Å². The second kappa shape index (κ2) is 9.97. The third-order valence-electron chi connectivity index (χ3n) is 3.14. The Morgan fingerprint density at radius 1 is 1.00 bits per heavy atom. The quantitative estimate of drug-likeness (QED) is 0.268. The van der Waals surface area contributed by atoms with Crippen LogP contribution in [0.15, 0.2) is 29.2 Å². The van der Waals surface area contributed by atoms with Crippen LogP contribution in [0.5, 0.6) is 0 Å².